The third kappa shape index (κ3) is 3.67. The first kappa shape index (κ1) is 13.3. The molecule has 0 bridgehead atoms. The van der Waals surface area contributed by atoms with Crippen LogP contribution in [0.3, 0.4) is 0 Å². The van der Waals surface area contributed by atoms with Crippen LogP contribution in [0.5, 0.6) is 0 Å². The van der Waals surface area contributed by atoms with E-state index in [0.29, 0.717) is 0 Å². The Hall–Kier alpha value is -1.68. The molecule has 0 aromatic heterocycles. The lowest BCUT2D eigenvalue weighted by molar-refractivity contribution is 0.0874. The fraction of sp³-hybridized carbons (Fsp3) is 0.294. The maximum absolute atomic E-state index is 5.45. The Labute approximate surface area is 120 Å². The molecule has 0 aliphatic carbocycles. The molecule has 3 rings (SSSR count). The van der Waals surface area contributed by atoms with Gasteiger partial charge < -0.3 is 4.74 Å². The van der Waals surface area contributed by atoms with Crippen LogP contribution in [0.15, 0.2) is 60.7 Å². The number of hydrogen-bond donors (Lipinski definition) is 1. The molecule has 0 amide bonds. The summed E-state index contributed by atoms with van der Waals surface area (Å²) in [5.74, 6) is 0. The Kier molecular flexibility index (Phi) is 3.83. The predicted octanol–water partition coefficient (Wildman–Crippen LogP) is 2.94. The molecule has 0 unspecified atom stereocenters. The molecule has 3 nitrogen and oxygen atoms in total. The second kappa shape index (κ2) is 5.75. The van der Waals surface area contributed by atoms with E-state index in [-0.39, 0.29) is 5.72 Å². The van der Waals surface area contributed by atoms with Gasteiger partial charge in [0.2, 0.25) is 0 Å². The van der Waals surface area contributed by atoms with Crippen molar-refractivity contribution >= 4 is 0 Å². The molecule has 0 saturated carbocycles. The number of epoxide rings is 1. The SMILES string of the molecule is C[C@@]1(NN(Cc2ccccc2)Cc2ccccc2)CO1. The largest absolute Gasteiger partial charge is 0.353 e. The molecule has 1 atom stereocenters. The minimum atomic E-state index is -0.191. The van der Waals surface area contributed by atoms with Crippen LogP contribution in [0.4, 0.5) is 0 Å². The van der Waals surface area contributed by atoms with E-state index in [0.717, 1.165) is 19.7 Å². The first-order valence-corrected chi connectivity index (χ1v) is 6.98. The molecule has 1 aliphatic heterocycles. The molecular formula is C17H20N2O. The third-order valence-electron chi connectivity index (χ3n) is 3.40. The number of ether oxygens (including phenoxy) is 1. The summed E-state index contributed by atoms with van der Waals surface area (Å²) < 4.78 is 5.45. The number of rotatable bonds is 6. The third-order valence-corrected chi connectivity index (χ3v) is 3.40. The molecule has 1 heterocycles. The van der Waals surface area contributed by atoms with Crippen molar-refractivity contribution in [2.75, 3.05) is 6.61 Å². The van der Waals surface area contributed by atoms with Crippen molar-refractivity contribution < 1.29 is 4.74 Å². The van der Waals surface area contributed by atoms with E-state index in [2.05, 4.69) is 65.9 Å². The van der Waals surface area contributed by atoms with Gasteiger partial charge in [0.05, 0.1) is 6.61 Å². The molecule has 1 aliphatic rings. The molecule has 2 aromatic carbocycles. The zero-order valence-corrected chi connectivity index (χ0v) is 11.8. The Bertz CT molecular complexity index is 496. The van der Waals surface area contributed by atoms with Gasteiger partial charge in [0.1, 0.15) is 0 Å². The second-order valence-corrected chi connectivity index (χ2v) is 5.46. The number of benzene rings is 2. The van der Waals surface area contributed by atoms with Crippen LogP contribution >= 0.6 is 0 Å². The average molecular weight is 268 g/mol. The van der Waals surface area contributed by atoms with E-state index in [9.17, 15) is 0 Å². The summed E-state index contributed by atoms with van der Waals surface area (Å²) in [5, 5.41) is 2.22. The Morgan fingerprint density at radius 1 is 0.950 bits per heavy atom. The number of nitrogens with one attached hydrogen (secondary N) is 1. The Balaban J connectivity index is 1.70. The number of hydrazine groups is 1. The maximum atomic E-state index is 5.45. The second-order valence-electron chi connectivity index (χ2n) is 5.46. The van der Waals surface area contributed by atoms with Crippen molar-refractivity contribution in [2.24, 2.45) is 0 Å². The Morgan fingerprint density at radius 3 is 1.80 bits per heavy atom. The molecule has 104 valence electrons. The van der Waals surface area contributed by atoms with Crippen LogP contribution < -0.4 is 5.43 Å². The van der Waals surface area contributed by atoms with Gasteiger partial charge in [0.15, 0.2) is 5.72 Å². The highest BCUT2D eigenvalue weighted by Crippen LogP contribution is 2.23. The minimum Gasteiger partial charge on any atom is -0.353 e. The molecule has 0 radical (unpaired) electrons. The van der Waals surface area contributed by atoms with Crippen molar-refractivity contribution in [3.8, 4) is 0 Å². The van der Waals surface area contributed by atoms with Gasteiger partial charge in [-0.2, -0.15) is 0 Å². The van der Waals surface area contributed by atoms with E-state index in [1.165, 1.54) is 11.1 Å². The van der Waals surface area contributed by atoms with Crippen molar-refractivity contribution in [3.05, 3.63) is 71.8 Å². The average Bonchev–Trinajstić information content (AvgIpc) is 3.18. The molecule has 1 saturated heterocycles. The smallest absolute Gasteiger partial charge is 0.152 e. The van der Waals surface area contributed by atoms with Crippen LogP contribution in [0.2, 0.25) is 0 Å². The highest BCUT2D eigenvalue weighted by Gasteiger charge is 2.40. The van der Waals surface area contributed by atoms with E-state index in [1.807, 2.05) is 12.1 Å². The van der Waals surface area contributed by atoms with Crippen molar-refractivity contribution in [1.82, 2.24) is 10.4 Å². The van der Waals surface area contributed by atoms with Gasteiger partial charge in [0.25, 0.3) is 0 Å². The lowest BCUT2D eigenvalue weighted by atomic mass is 10.2. The summed E-state index contributed by atoms with van der Waals surface area (Å²) in [6.07, 6.45) is 0. The van der Waals surface area contributed by atoms with Crippen molar-refractivity contribution in [3.63, 3.8) is 0 Å². The fourth-order valence-electron chi connectivity index (χ4n) is 2.25. The molecule has 3 heteroatoms. The summed E-state index contributed by atoms with van der Waals surface area (Å²) >= 11 is 0. The summed E-state index contributed by atoms with van der Waals surface area (Å²) in [5.41, 5.74) is 5.87. The topological polar surface area (TPSA) is 27.8 Å². The molecule has 1 N–H and O–H groups in total. The molecule has 20 heavy (non-hydrogen) atoms. The monoisotopic (exact) mass is 268 g/mol. The normalized spacial score (nSPS) is 21.1. The summed E-state index contributed by atoms with van der Waals surface area (Å²) in [6, 6.07) is 21.0. The summed E-state index contributed by atoms with van der Waals surface area (Å²) in [6.45, 7) is 4.56. The van der Waals surface area contributed by atoms with Gasteiger partial charge in [-0.15, -0.1) is 0 Å². The number of nitrogens with zero attached hydrogens (tertiary/aromatic N) is 1. The Morgan fingerprint density at radius 2 is 1.40 bits per heavy atom. The fourth-order valence-corrected chi connectivity index (χ4v) is 2.25. The first-order chi connectivity index (χ1) is 9.73. The van der Waals surface area contributed by atoms with Crippen LogP contribution in [0.1, 0.15) is 18.1 Å². The van der Waals surface area contributed by atoms with Gasteiger partial charge in [-0.05, 0) is 18.1 Å². The standard InChI is InChI=1S/C17H20N2O/c1-17(14-20-17)18-19(12-15-8-4-2-5-9-15)13-16-10-6-3-7-11-16/h2-11,18H,12-14H2,1H3/t17-/m0/s1. The zero-order valence-electron chi connectivity index (χ0n) is 11.8. The van der Waals surface area contributed by atoms with Crippen molar-refractivity contribution in [1.29, 1.82) is 0 Å². The highest BCUT2D eigenvalue weighted by atomic mass is 16.6. The van der Waals surface area contributed by atoms with Crippen LogP contribution in [0, 0.1) is 0 Å². The highest BCUT2D eigenvalue weighted by molar-refractivity contribution is 5.17. The van der Waals surface area contributed by atoms with Gasteiger partial charge in [-0.3, -0.25) is 0 Å². The van der Waals surface area contributed by atoms with Gasteiger partial charge in [-0.1, -0.05) is 60.7 Å². The lowest BCUT2D eigenvalue weighted by Gasteiger charge is -2.25. The minimum absolute atomic E-state index is 0.191. The van der Waals surface area contributed by atoms with E-state index in [4.69, 9.17) is 4.74 Å². The van der Waals surface area contributed by atoms with Gasteiger partial charge >= 0.3 is 0 Å². The van der Waals surface area contributed by atoms with E-state index < -0.39 is 0 Å². The predicted molar refractivity (Wildman–Crippen MR) is 79.6 cm³/mol. The van der Waals surface area contributed by atoms with Crippen LogP contribution in [0.25, 0.3) is 0 Å². The maximum Gasteiger partial charge on any atom is 0.152 e. The molecule has 2 aromatic rings. The van der Waals surface area contributed by atoms with Crippen molar-refractivity contribution in [2.45, 2.75) is 25.7 Å². The van der Waals surface area contributed by atoms with Crippen LogP contribution in [-0.2, 0) is 17.8 Å². The van der Waals surface area contributed by atoms with Crippen LogP contribution in [-0.4, -0.2) is 17.3 Å². The number of hydrogen-bond acceptors (Lipinski definition) is 3. The molecule has 0 spiro atoms. The first-order valence-electron chi connectivity index (χ1n) is 6.98. The van der Waals surface area contributed by atoms with E-state index >= 15 is 0 Å². The summed E-state index contributed by atoms with van der Waals surface area (Å²) in [7, 11) is 0. The molecular weight excluding hydrogens is 248 g/mol. The zero-order chi connectivity index (χ0) is 13.8. The lowest BCUT2D eigenvalue weighted by Crippen LogP contribution is -2.44. The summed E-state index contributed by atoms with van der Waals surface area (Å²) in [4.78, 5) is 0. The van der Waals surface area contributed by atoms with E-state index in [1.54, 1.807) is 0 Å². The quantitative estimate of drug-likeness (QED) is 0.645. The molecule has 1 fully saturated rings. The van der Waals surface area contributed by atoms with Gasteiger partial charge in [0, 0.05) is 13.1 Å². The van der Waals surface area contributed by atoms with Gasteiger partial charge in [-0.25, -0.2) is 10.4 Å².